The molecule has 2 aromatic heterocycles. The number of pyridine rings is 1. The second-order valence-corrected chi connectivity index (χ2v) is 13.2. The SMILES string of the molecule is Cc1ccc(S(=O)(=O)n2cc(CC3CN(Cc4ccccc4)CCN3C(=O)OC(C)(C)C)c3cccnc32)cc1. The predicted molar refractivity (Wildman–Crippen MR) is 156 cm³/mol. The lowest BCUT2D eigenvalue weighted by atomic mass is 10.0. The molecular formula is C31H36N4O4S. The maximum atomic E-state index is 13.7. The zero-order valence-corrected chi connectivity index (χ0v) is 24.3. The van der Waals surface area contributed by atoms with Gasteiger partial charge < -0.3 is 9.64 Å². The number of carbonyl (C=O) groups excluding carboxylic acids is 1. The van der Waals surface area contributed by atoms with Crippen LogP contribution in [0, 0.1) is 6.92 Å². The number of hydrogen-bond donors (Lipinski definition) is 0. The number of piperazine rings is 1. The van der Waals surface area contributed by atoms with Crippen LogP contribution < -0.4 is 0 Å². The Morgan fingerprint density at radius 3 is 2.42 bits per heavy atom. The maximum absolute atomic E-state index is 13.7. The fourth-order valence-electron chi connectivity index (χ4n) is 5.16. The van der Waals surface area contributed by atoms with E-state index in [4.69, 9.17) is 4.74 Å². The van der Waals surface area contributed by atoms with E-state index in [0.29, 0.717) is 25.2 Å². The van der Waals surface area contributed by atoms with Gasteiger partial charge in [0.25, 0.3) is 10.0 Å². The fourth-order valence-corrected chi connectivity index (χ4v) is 6.51. The van der Waals surface area contributed by atoms with Gasteiger partial charge in [-0.2, -0.15) is 0 Å². The lowest BCUT2D eigenvalue weighted by molar-refractivity contribution is -0.00229. The lowest BCUT2D eigenvalue weighted by Gasteiger charge is -2.42. The highest BCUT2D eigenvalue weighted by Crippen LogP contribution is 2.28. The summed E-state index contributed by atoms with van der Waals surface area (Å²) in [6.45, 7) is 10.1. The van der Waals surface area contributed by atoms with Crippen molar-refractivity contribution in [2.24, 2.45) is 0 Å². The Hall–Kier alpha value is -3.69. The van der Waals surface area contributed by atoms with Gasteiger partial charge in [0.2, 0.25) is 0 Å². The number of benzene rings is 2. The molecule has 8 nitrogen and oxygen atoms in total. The molecule has 1 fully saturated rings. The van der Waals surface area contributed by atoms with Crippen molar-refractivity contribution in [3.05, 3.63) is 95.8 Å². The molecule has 1 unspecified atom stereocenters. The Kier molecular flexibility index (Phi) is 7.70. The van der Waals surface area contributed by atoms with Gasteiger partial charge in [0.05, 0.1) is 10.9 Å². The molecule has 1 aliphatic rings. The van der Waals surface area contributed by atoms with Gasteiger partial charge in [-0.05, 0) is 69.5 Å². The Balaban J connectivity index is 1.49. The first-order valence-corrected chi connectivity index (χ1v) is 15.0. The monoisotopic (exact) mass is 560 g/mol. The van der Waals surface area contributed by atoms with Crippen LogP contribution in [0.5, 0.6) is 0 Å². The van der Waals surface area contributed by atoms with Crippen molar-refractivity contribution in [3.63, 3.8) is 0 Å². The second-order valence-electron chi connectivity index (χ2n) is 11.4. The number of ether oxygens (including phenoxy) is 1. The van der Waals surface area contributed by atoms with Gasteiger partial charge in [-0.1, -0.05) is 48.0 Å². The van der Waals surface area contributed by atoms with E-state index in [1.165, 1.54) is 9.54 Å². The van der Waals surface area contributed by atoms with E-state index in [2.05, 4.69) is 22.0 Å². The van der Waals surface area contributed by atoms with E-state index in [0.717, 1.165) is 29.6 Å². The zero-order valence-electron chi connectivity index (χ0n) is 23.4. The molecule has 3 heterocycles. The summed E-state index contributed by atoms with van der Waals surface area (Å²) < 4.78 is 34.4. The molecule has 1 saturated heterocycles. The van der Waals surface area contributed by atoms with Crippen molar-refractivity contribution in [1.82, 2.24) is 18.8 Å². The first-order chi connectivity index (χ1) is 19.0. The molecule has 2 aromatic carbocycles. The third-order valence-corrected chi connectivity index (χ3v) is 8.76. The average Bonchev–Trinajstić information content (AvgIpc) is 3.28. The zero-order chi connectivity index (χ0) is 28.5. The summed E-state index contributed by atoms with van der Waals surface area (Å²) in [7, 11) is -3.87. The molecule has 0 saturated carbocycles. The molecule has 4 aromatic rings. The first kappa shape index (κ1) is 27.9. The number of aryl methyl sites for hydroxylation is 1. The van der Waals surface area contributed by atoms with Crippen LogP contribution in [0.15, 0.2) is 84.0 Å². The largest absolute Gasteiger partial charge is 0.444 e. The molecule has 0 bridgehead atoms. The highest BCUT2D eigenvalue weighted by Gasteiger charge is 2.34. The minimum absolute atomic E-state index is 0.203. The third kappa shape index (κ3) is 6.05. The number of carbonyl (C=O) groups is 1. The smallest absolute Gasteiger partial charge is 0.410 e. The molecule has 40 heavy (non-hydrogen) atoms. The second kappa shape index (κ2) is 11.1. The van der Waals surface area contributed by atoms with Crippen molar-refractivity contribution < 1.29 is 17.9 Å². The Bertz CT molecular complexity index is 1590. The molecule has 1 atom stereocenters. The van der Waals surface area contributed by atoms with Crippen LogP contribution in [0.2, 0.25) is 0 Å². The minimum Gasteiger partial charge on any atom is -0.444 e. The number of aromatic nitrogens is 2. The molecule has 9 heteroatoms. The van der Waals surface area contributed by atoms with Crippen LogP contribution in [-0.4, -0.2) is 64.5 Å². The molecule has 0 radical (unpaired) electrons. The third-order valence-electron chi connectivity index (χ3n) is 7.09. The van der Waals surface area contributed by atoms with Gasteiger partial charge >= 0.3 is 6.09 Å². The van der Waals surface area contributed by atoms with E-state index in [1.54, 1.807) is 41.6 Å². The summed E-state index contributed by atoms with van der Waals surface area (Å²) in [4.78, 5) is 22.1. The average molecular weight is 561 g/mol. The van der Waals surface area contributed by atoms with Gasteiger partial charge in [0.15, 0.2) is 5.65 Å². The Morgan fingerprint density at radius 2 is 1.73 bits per heavy atom. The van der Waals surface area contributed by atoms with E-state index in [9.17, 15) is 13.2 Å². The van der Waals surface area contributed by atoms with Crippen molar-refractivity contribution in [3.8, 4) is 0 Å². The summed E-state index contributed by atoms with van der Waals surface area (Å²) in [5, 5.41) is 0.752. The van der Waals surface area contributed by atoms with Gasteiger partial charge in [-0.15, -0.1) is 0 Å². The normalized spacial score (nSPS) is 16.8. The Morgan fingerprint density at radius 1 is 1.00 bits per heavy atom. The summed E-state index contributed by atoms with van der Waals surface area (Å²) >= 11 is 0. The fraction of sp³-hybridized carbons (Fsp3) is 0.355. The van der Waals surface area contributed by atoms with Gasteiger partial charge in [-0.3, -0.25) is 4.90 Å². The number of fused-ring (bicyclic) bond motifs is 1. The quantitative estimate of drug-likeness (QED) is 0.321. The molecular weight excluding hydrogens is 524 g/mol. The van der Waals surface area contributed by atoms with E-state index < -0.39 is 15.6 Å². The summed E-state index contributed by atoms with van der Waals surface area (Å²) in [5.41, 5.74) is 2.76. The number of rotatable bonds is 6. The first-order valence-electron chi connectivity index (χ1n) is 13.5. The van der Waals surface area contributed by atoms with Crippen molar-refractivity contribution in [1.29, 1.82) is 0 Å². The molecule has 0 aliphatic carbocycles. The van der Waals surface area contributed by atoms with Crippen LogP contribution in [0.1, 0.15) is 37.5 Å². The summed E-state index contributed by atoms with van der Waals surface area (Å²) in [6, 6.07) is 20.6. The highest BCUT2D eigenvalue weighted by molar-refractivity contribution is 7.90. The molecule has 5 rings (SSSR count). The van der Waals surface area contributed by atoms with Crippen LogP contribution in [0.3, 0.4) is 0 Å². The molecule has 0 spiro atoms. The number of nitrogens with zero attached hydrogens (tertiary/aromatic N) is 4. The number of hydrogen-bond acceptors (Lipinski definition) is 6. The Labute approximate surface area is 236 Å². The van der Waals surface area contributed by atoms with Crippen LogP contribution in [-0.2, 0) is 27.7 Å². The lowest BCUT2D eigenvalue weighted by Crippen LogP contribution is -2.56. The van der Waals surface area contributed by atoms with Crippen molar-refractivity contribution in [2.75, 3.05) is 19.6 Å². The minimum atomic E-state index is -3.87. The summed E-state index contributed by atoms with van der Waals surface area (Å²) in [5.74, 6) is 0. The van der Waals surface area contributed by atoms with Crippen LogP contribution >= 0.6 is 0 Å². The topological polar surface area (TPSA) is 84.7 Å². The van der Waals surface area contributed by atoms with E-state index in [1.807, 2.05) is 58.0 Å². The predicted octanol–water partition coefficient (Wildman–Crippen LogP) is 5.25. The van der Waals surface area contributed by atoms with Crippen molar-refractivity contribution >= 4 is 27.1 Å². The van der Waals surface area contributed by atoms with Crippen molar-refractivity contribution in [2.45, 2.75) is 57.2 Å². The van der Waals surface area contributed by atoms with Gasteiger partial charge in [0.1, 0.15) is 5.60 Å². The molecule has 0 N–H and O–H groups in total. The van der Waals surface area contributed by atoms with Gasteiger partial charge in [-0.25, -0.2) is 22.2 Å². The van der Waals surface area contributed by atoms with Crippen LogP contribution in [0.4, 0.5) is 4.79 Å². The highest BCUT2D eigenvalue weighted by atomic mass is 32.2. The van der Waals surface area contributed by atoms with E-state index in [-0.39, 0.29) is 17.0 Å². The summed E-state index contributed by atoms with van der Waals surface area (Å²) in [6.07, 6.45) is 3.37. The maximum Gasteiger partial charge on any atom is 0.410 e. The molecule has 210 valence electrons. The van der Waals surface area contributed by atoms with E-state index >= 15 is 0 Å². The van der Waals surface area contributed by atoms with Gasteiger partial charge in [0, 0.05) is 44.0 Å². The molecule has 1 amide bonds. The van der Waals surface area contributed by atoms with Crippen LogP contribution in [0.25, 0.3) is 11.0 Å². The number of amides is 1. The molecule has 1 aliphatic heterocycles. The standard InChI is InChI=1S/C31H36N4O4S/c1-23-12-14-27(15-13-23)40(37,38)35-21-25(28-11-8-16-32-29(28)35)19-26-22-33(20-24-9-6-5-7-10-24)17-18-34(26)30(36)39-31(2,3)4/h5-16,21,26H,17-20,22H2,1-4H3.